The molecule has 0 aliphatic carbocycles. The van der Waals surface area contributed by atoms with Crippen LogP contribution in [0.3, 0.4) is 0 Å². The number of aliphatic hydroxyl groups is 1. The average Bonchev–Trinajstić information content (AvgIpc) is 2.02. The van der Waals surface area contributed by atoms with Crippen molar-refractivity contribution in [2.24, 2.45) is 5.92 Å². The topological polar surface area (TPSA) is 54.4 Å². The largest absolute Gasteiger partial charge is 0.387 e. The van der Waals surface area contributed by atoms with Crippen LogP contribution in [-0.2, 0) is 9.84 Å². The molecule has 0 aromatic carbocycles. The molecule has 0 spiro atoms. The molecule has 0 bridgehead atoms. The summed E-state index contributed by atoms with van der Waals surface area (Å²) in [7, 11) is -3.34. The molecule has 1 saturated heterocycles. The average molecular weight is 228 g/mol. The highest BCUT2D eigenvalue weighted by atomic mass is 32.2. The van der Waals surface area contributed by atoms with E-state index in [1.807, 2.05) is 0 Å². The van der Waals surface area contributed by atoms with E-state index in [9.17, 15) is 17.2 Å². The Morgan fingerprint density at radius 3 is 2.50 bits per heavy atom. The molecule has 1 heterocycles. The lowest BCUT2D eigenvalue weighted by Crippen LogP contribution is -2.44. The lowest BCUT2D eigenvalue weighted by molar-refractivity contribution is -0.137. The fourth-order valence-corrected chi connectivity index (χ4v) is 3.44. The Labute approximate surface area is 82.0 Å². The Kier molecular flexibility index (Phi) is 3.16. The summed E-state index contributed by atoms with van der Waals surface area (Å²) in [5.74, 6) is -5.06. The minimum atomic E-state index is -3.34. The number of alkyl halides is 2. The van der Waals surface area contributed by atoms with Gasteiger partial charge in [-0.15, -0.1) is 0 Å². The summed E-state index contributed by atoms with van der Waals surface area (Å²) in [5, 5.41) is 8.86. The van der Waals surface area contributed by atoms with Gasteiger partial charge in [0, 0.05) is 5.92 Å². The van der Waals surface area contributed by atoms with E-state index >= 15 is 0 Å². The second-order valence-electron chi connectivity index (χ2n) is 3.80. The van der Waals surface area contributed by atoms with Gasteiger partial charge in [-0.05, 0) is 19.8 Å². The second-order valence-corrected chi connectivity index (χ2v) is 6.03. The van der Waals surface area contributed by atoms with Crippen molar-refractivity contribution in [1.82, 2.24) is 0 Å². The SMILES string of the molecule is CC(O)C(F)(F)C1CCCS(=O)(=O)C1. The molecular weight excluding hydrogens is 214 g/mol. The van der Waals surface area contributed by atoms with Gasteiger partial charge in [-0.2, -0.15) is 0 Å². The third-order valence-corrected chi connectivity index (χ3v) is 4.39. The molecule has 6 heteroatoms. The number of rotatable bonds is 2. The normalized spacial score (nSPS) is 29.9. The quantitative estimate of drug-likeness (QED) is 0.761. The zero-order valence-corrected chi connectivity index (χ0v) is 8.73. The first-order chi connectivity index (χ1) is 6.26. The molecule has 1 N–H and O–H groups in total. The number of hydrogen-bond acceptors (Lipinski definition) is 3. The van der Waals surface area contributed by atoms with Crippen molar-refractivity contribution in [1.29, 1.82) is 0 Å². The summed E-state index contributed by atoms with van der Waals surface area (Å²) in [6.07, 6.45) is -1.37. The Morgan fingerprint density at radius 1 is 1.50 bits per heavy atom. The maximum absolute atomic E-state index is 13.3. The summed E-state index contributed by atoms with van der Waals surface area (Å²) >= 11 is 0. The van der Waals surface area contributed by atoms with E-state index < -0.39 is 33.5 Å². The van der Waals surface area contributed by atoms with Crippen molar-refractivity contribution in [3.05, 3.63) is 0 Å². The molecular formula is C8H14F2O3S. The molecule has 14 heavy (non-hydrogen) atoms. The number of sulfone groups is 1. The van der Waals surface area contributed by atoms with E-state index in [1.165, 1.54) is 0 Å². The van der Waals surface area contributed by atoms with Crippen molar-refractivity contribution < 1.29 is 22.3 Å². The van der Waals surface area contributed by atoms with Crippen LogP contribution in [0.25, 0.3) is 0 Å². The number of aliphatic hydroxyl groups excluding tert-OH is 1. The number of halogens is 2. The maximum Gasteiger partial charge on any atom is 0.276 e. The molecule has 3 nitrogen and oxygen atoms in total. The standard InChI is InChI=1S/C8H14F2O3S/c1-6(11)8(9,10)7-3-2-4-14(12,13)5-7/h6-7,11H,2-5H2,1H3. The second kappa shape index (κ2) is 3.73. The highest BCUT2D eigenvalue weighted by Crippen LogP contribution is 2.35. The third-order valence-electron chi connectivity index (χ3n) is 2.56. The van der Waals surface area contributed by atoms with Crippen molar-refractivity contribution in [2.45, 2.75) is 31.8 Å². The van der Waals surface area contributed by atoms with E-state index in [0.717, 1.165) is 6.92 Å². The summed E-state index contributed by atoms with van der Waals surface area (Å²) in [4.78, 5) is 0. The van der Waals surface area contributed by atoms with Crippen molar-refractivity contribution in [3.8, 4) is 0 Å². The van der Waals surface area contributed by atoms with Crippen LogP contribution in [-0.4, -0.2) is 37.1 Å². The van der Waals surface area contributed by atoms with Gasteiger partial charge >= 0.3 is 0 Å². The van der Waals surface area contributed by atoms with Crippen LogP contribution >= 0.6 is 0 Å². The molecule has 0 aromatic heterocycles. The van der Waals surface area contributed by atoms with Crippen LogP contribution in [0.2, 0.25) is 0 Å². The molecule has 0 saturated carbocycles. The highest BCUT2D eigenvalue weighted by molar-refractivity contribution is 7.91. The van der Waals surface area contributed by atoms with E-state index in [4.69, 9.17) is 5.11 Å². The lowest BCUT2D eigenvalue weighted by Gasteiger charge is -2.31. The monoisotopic (exact) mass is 228 g/mol. The summed E-state index contributed by atoms with van der Waals surface area (Å²) in [5.41, 5.74) is 0. The van der Waals surface area contributed by atoms with Gasteiger partial charge in [-0.1, -0.05) is 0 Å². The van der Waals surface area contributed by atoms with Crippen molar-refractivity contribution in [2.75, 3.05) is 11.5 Å². The molecule has 2 unspecified atom stereocenters. The predicted octanol–water partition coefficient (Wildman–Crippen LogP) is 0.827. The fraction of sp³-hybridized carbons (Fsp3) is 1.00. The molecule has 1 rings (SSSR count). The number of hydrogen-bond donors (Lipinski definition) is 1. The Hall–Kier alpha value is -0.230. The smallest absolute Gasteiger partial charge is 0.276 e. The molecule has 1 fully saturated rings. The van der Waals surface area contributed by atoms with Crippen molar-refractivity contribution >= 4 is 9.84 Å². The van der Waals surface area contributed by atoms with Crippen LogP contribution in [0.15, 0.2) is 0 Å². The maximum atomic E-state index is 13.3. The van der Waals surface area contributed by atoms with Gasteiger partial charge in [0.1, 0.15) is 6.10 Å². The van der Waals surface area contributed by atoms with E-state index in [0.29, 0.717) is 0 Å². The highest BCUT2D eigenvalue weighted by Gasteiger charge is 2.47. The zero-order valence-electron chi connectivity index (χ0n) is 7.91. The molecule has 2 atom stereocenters. The van der Waals surface area contributed by atoms with Crippen LogP contribution in [0.1, 0.15) is 19.8 Å². The van der Waals surface area contributed by atoms with Gasteiger partial charge in [0.25, 0.3) is 5.92 Å². The van der Waals surface area contributed by atoms with E-state index in [-0.39, 0.29) is 18.6 Å². The third kappa shape index (κ3) is 2.42. The van der Waals surface area contributed by atoms with E-state index in [1.54, 1.807) is 0 Å². The minimum absolute atomic E-state index is 0.0145. The molecule has 0 aromatic rings. The van der Waals surface area contributed by atoms with Crippen LogP contribution < -0.4 is 0 Å². The first-order valence-electron chi connectivity index (χ1n) is 4.52. The molecule has 1 aliphatic heterocycles. The summed E-state index contributed by atoms with van der Waals surface area (Å²) in [6, 6.07) is 0. The van der Waals surface area contributed by atoms with Gasteiger partial charge in [-0.25, -0.2) is 17.2 Å². The van der Waals surface area contributed by atoms with Gasteiger partial charge in [0.15, 0.2) is 9.84 Å². The lowest BCUT2D eigenvalue weighted by atomic mass is 9.94. The molecule has 1 aliphatic rings. The van der Waals surface area contributed by atoms with Gasteiger partial charge in [0.2, 0.25) is 0 Å². The fourth-order valence-electron chi connectivity index (χ4n) is 1.67. The van der Waals surface area contributed by atoms with Gasteiger partial charge < -0.3 is 5.11 Å². The zero-order chi connectivity index (χ0) is 11.0. The van der Waals surface area contributed by atoms with Gasteiger partial charge in [0.05, 0.1) is 11.5 Å². The Bertz CT molecular complexity index is 298. The van der Waals surface area contributed by atoms with Gasteiger partial charge in [-0.3, -0.25) is 0 Å². The minimum Gasteiger partial charge on any atom is -0.387 e. The Morgan fingerprint density at radius 2 is 2.07 bits per heavy atom. The van der Waals surface area contributed by atoms with Crippen LogP contribution in [0, 0.1) is 5.92 Å². The summed E-state index contributed by atoms with van der Waals surface area (Å²) in [6.45, 7) is 0.987. The first-order valence-corrected chi connectivity index (χ1v) is 6.34. The van der Waals surface area contributed by atoms with Crippen LogP contribution in [0.4, 0.5) is 8.78 Å². The van der Waals surface area contributed by atoms with Crippen molar-refractivity contribution in [3.63, 3.8) is 0 Å². The van der Waals surface area contributed by atoms with E-state index in [2.05, 4.69) is 0 Å². The first kappa shape index (κ1) is 11.8. The van der Waals surface area contributed by atoms with Crippen LogP contribution in [0.5, 0.6) is 0 Å². The predicted molar refractivity (Wildman–Crippen MR) is 48.0 cm³/mol. The molecule has 84 valence electrons. The molecule has 0 radical (unpaired) electrons. The summed E-state index contributed by atoms with van der Waals surface area (Å²) < 4.78 is 48.8. The Balaban J connectivity index is 2.79. The molecule has 0 amide bonds.